The van der Waals surface area contributed by atoms with Gasteiger partial charge in [0.05, 0.1) is 17.7 Å². The van der Waals surface area contributed by atoms with Gasteiger partial charge >= 0.3 is 5.97 Å². The molecule has 1 heterocycles. The molecule has 1 amide bonds. The lowest BCUT2D eigenvalue weighted by molar-refractivity contribution is -0.384. The largest absolute Gasteiger partial charge is 0.495 e. The van der Waals surface area contributed by atoms with Gasteiger partial charge in [0, 0.05) is 18.2 Å². The molecule has 1 aliphatic rings. The molecule has 10 heteroatoms. The molecule has 0 fully saturated rings. The van der Waals surface area contributed by atoms with Gasteiger partial charge in [0.25, 0.3) is 11.6 Å². The van der Waals surface area contributed by atoms with E-state index >= 15 is 0 Å². The van der Waals surface area contributed by atoms with Crippen LogP contribution in [0.1, 0.15) is 12.5 Å². The van der Waals surface area contributed by atoms with E-state index in [0.29, 0.717) is 17.1 Å². The third kappa shape index (κ3) is 4.85. The van der Waals surface area contributed by atoms with Crippen LogP contribution in [-0.4, -0.2) is 36.8 Å². The number of methoxy groups -OCH3 is 1. The molecule has 1 N–H and O–H groups in total. The fourth-order valence-corrected chi connectivity index (χ4v) is 2.59. The number of nitro benzene ring substituents is 1. The number of hydrogen-bond donors (Lipinski definition) is 1. The Kier molecular flexibility index (Phi) is 6.16. The molecular weight excluding hydrogens is 396 g/mol. The summed E-state index contributed by atoms with van der Waals surface area (Å²) in [6, 6.07) is 8.93. The molecule has 1 atom stereocenters. The Balaban J connectivity index is 1.60. The van der Waals surface area contributed by atoms with Gasteiger partial charge in [0.1, 0.15) is 5.75 Å². The second-order valence-corrected chi connectivity index (χ2v) is 6.16. The molecule has 10 nitrogen and oxygen atoms in total. The van der Waals surface area contributed by atoms with Crippen molar-refractivity contribution in [2.24, 2.45) is 0 Å². The molecule has 0 bridgehead atoms. The monoisotopic (exact) mass is 414 g/mol. The number of esters is 1. The normalized spacial score (nSPS) is 13.0. The van der Waals surface area contributed by atoms with Gasteiger partial charge in [-0.3, -0.25) is 14.9 Å². The van der Waals surface area contributed by atoms with E-state index < -0.39 is 22.9 Å². The average molecular weight is 414 g/mol. The van der Waals surface area contributed by atoms with Crippen LogP contribution in [0.4, 0.5) is 11.4 Å². The van der Waals surface area contributed by atoms with Gasteiger partial charge in [0.2, 0.25) is 6.79 Å². The highest BCUT2D eigenvalue weighted by molar-refractivity contribution is 5.97. The third-order valence-electron chi connectivity index (χ3n) is 4.12. The quantitative estimate of drug-likeness (QED) is 0.317. The van der Waals surface area contributed by atoms with Crippen molar-refractivity contribution in [3.05, 3.63) is 58.2 Å². The minimum Gasteiger partial charge on any atom is -0.495 e. The summed E-state index contributed by atoms with van der Waals surface area (Å²) in [6.45, 7) is 1.53. The average Bonchev–Trinajstić information content (AvgIpc) is 3.20. The first-order valence-electron chi connectivity index (χ1n) is 8.79. The molecule has 0 spiro atoms. The summed E-state index contributed by atoms with van der Waals surface area (Å²) in [5, 5.41) is 13.4. The van der Waals surface area contributed by atoms with Crippen LogP contribution >= 0.6 is 0 Å². The number of carbonyl (C=O) groups excluding carboxylic acids is 2. The highest BCUT2D eigenvalue weighted by atomic mass is 16.7. The van der Waals surface area contributed by atoms with E-state index in [4.69, 9.17) is 18.9 Å². The van der Waals surface area contributed by atoms with Crippen LogP contribution in [0, 0.1) is 10.1 Å². The summed E-state index contributed by atoms with van der Waals surface area (Å²) in [4.78, 5) is 34.7. The number of nitrogens with zero attached hydrogens (tertiary/aromatic N) is 1. The topological polar surface area (TPSA) is 126 Å². The Morgan fingerprint density at radius 1 is 1.20 bits per heavy atom. The third-order valence-corrected chi connectivity index (χ3v) is 4.12. The zero-order valence-corrected chi connectivity index (χ0v) is 16.1. The Bertz CT molecular complexity index is 1020. The summed E-state index contributed by atoms with van der Waals surface area (Å²) in [6.07, 6.45) is 1.54. The maximum absolute atomic E-state index is 12.3. The van der Waals surface area contributed by atoms with E-state index in [9.17, 15) is 19.7 Å². The maximum Gasteiger partial charge on any atom is 0.331 e. The highest BCUT2D eigenvalue weighted by Gasteiger charge is 2.20. The van der Waals surface area contributed by atoms with Gasteiger partial charge in [-0.1, -0.05) is 6.07 Å². The molecule has 2 aromatic carbocycles. The molecule has 0 aromatic heterocycles. The highest BCUT2D eigenvalue weighted by Crippen LogP contribution is 2.33. The Morgan fingerprint density at radius 3 is 2.70 bits per heavy atom. The number of ether oxygens (including phenoxy) is 4. The number of amides is 1. The van der Waals surface area contributed by atoms with Crippen molar-refractivity contribution in [1.82, 2.24) is 0 Å². The van der Waals surface area contributed by atoms with Crippen molar-refractivity contribution in [1.29, 1.82) is 0 Å². The number of nitrogens with one attached hydrogen (secondary N) is 1. The summed E-state index contributed by atoms with van der Waals surface area (Å²) in [5.41, 5.74) is 0.563. The molecule has 3 rings (SSSR count). The Labute approximate surface area is 171 Å². The molecule has 156 valence electrons. The predicted molar refractivity (Wildman–Crippen MR) is 105 cm³/mol. The Morgan fingerprint density at radius 2 is 1.97 bits per heavy atom. The van der Waals surface area contributed by atoms with E-state index in [1.54, 1.807) is 18.2 Å². The fourth-order valence-electron chi connectivity index (χ4n) is 2.59. The number of hydrogen-bond acceptors (Lipinski definition) is 8. The smallest absolute Gasteiger partial charge is 0.331 e. The van der Waals surface area contributed by atoms with E-state index in [0.717, 1.165) is 6.07 Å². The molecule has 0 saturated carbocycles. The van der Waals surface area contributed by atoms with Crippen LogP contribution in [0.15, 0.2) is 42.5 Å². The van der Waals surface area contributed by atoms with E-state index in [1.807, 2.05) is 0 Å². The summed E-state index contributed by atoms with van der Waals surface area (Å²) in [7, 11) is 1.36. The van der Waals surface area contributed by atoms with Gasteiger partial charge in [-0.25, -0.2) is 4.79 Å². The molecule has 2 aromatic rings. The minimum absolute atomic E-state index is 0.0931. The van der Waals surface area contributed by atoms with Crippen LogP contribution in [0.25, 0.3) is 6.08 Å². The van der Waals surface area contributed by atoms with Crippen molar-refractivity contribution >= 4 is 29.3 Å². The number of benzene rings is 2. The number of non-ortho nitro benzene ring substituents is 1. The Hall–Kier alpha value is -4.08. The van der Waals surface area contributed by atoms with Gasteiger partial charge in [0.15, 0.2) is 17.6 Å². The predicted octanol–water partition coefficient (Wildman–Crippen LogP) is 2.92. The lowest BCUT2D eigenvalue weighted by Gasteiger charge is -2.14. The summed E-state index contributed by atoms with van der Waals surface area (Å²) >= 11 is 0. The first-order chi connectivity index (χ1) is 14.4. The fraction of sp³-hybridized carbons (Fsp3) is 0.200. The first-order valence-corrected chi connectivity index (χ1v) is 8.79. The number of fused-ring (bicyclic) bond motifs is 1. The maximum atomic E-state index is 12.3. The van der Waals surface area contributed by atoms with Crippen LogP contribution < -0.4 is 19.5 Å². The number of rotatable bonds is 7. The molecule has 0 aliphatic carbocycles. The van der Waals surface area contributed by atoms with Gasteiger partial charge < -0.3 is 24.3 Å². The zero-order chi connectivity index (χ0) is 21.7. The molecular formula is C20H18N2O8. The van der Waals surface area contributed by atoms with Crippen LogP contribution in [0.2, 0.25) is 0 Å². The zero-order valence-electron chi connectivity index (χ0n) is 16.1. The second kappa shape index (κ2) is 8.95. The lowest BCUT2D eigenvalue weighted by Crippen LogP contribution is -2.29. The van der Waals surface area contributed by atoms with Gasteiger partial charge in [-0.2, -0.15) is 0 Å². The first kappa shape index (κ1) is 20.6. The molecule has 0 saturated heterocycles. The van der Waals surface area contributed by atoms with Crippen LogP contribution in [0.3, 0.4) is 0 Å². The van der Waals surface area contributed by atoms with Crippen molar-refractivity contribution in [3.8, 4) is 17.2 Å². The standard InChI is InChI=1S/C20H18N2O8/c1-12(20(24)21-15-10-14(22(25)26)5-7-16(15)27-2)30-19(23)8-4-13-3-6-17-18(9-13)29-11-28-17/h3-10,12H,11H2,1-2H3,(H,21,24). The van der Waals surface area contributed by atoms with Crippen molar-refractivity contribution in [3.63, 3.8) is 0 Å². The van der Waals surface area contributed by atoms with E-state index in [1.165, 1.54) is 38.3 Å². The number of carbonyl (C=O) groups is 2. The van der Waals surface area contributed by atoms with Gasteiger partial charge in [-0.05, 0) is 36.8 Å². The van der Waals surface area contributed by atoms with Crippen LogP contribution in [0.5, 0.6) is 17.2 Å². The van der Waals surface area contributed by atoms with Crippen molar-refractivity contribution in [2.45, 2.75) is 13.0 Å². The molecule has 30 heavy (non-hydrogen) atoms. The number of nitro groups is 1. The lowest BCUT2D eigenvalue weighted by atomic mass is 10.2. The van der Waals surface area contributed by atoms with Crippen molar-refractivity contribution < 1.29 is 33.5 Å². The SMILES string of the molecule is COc1ccc([N+](=O)[O-])cc1NC(=O)C(C)OC(=O)C=Cc1ccc2c(c1)OCO2. The van der Waals surface area contributed by atoms with Gasteiger partial charge in [-0.15, -0.1) is 0 Å². The number of anilines is 1. The molecule has 1 aliphatic heterocycles. The molecule has 0 radical (unpaired) electrons. The second-order valence-electron chi connectivity index (χ2n) is 6.16. The van der Waals surface area contributed by atoms with Crippen LogP contribution in [-0.2, 0) is 14.3 Å². The van der Waals surface area contributed by atoms with E-state index in [-0.39, 0.29) is 23.9 Å². The van der Waals surface area contributed by atoms with Crippen molar-refractivity contribution in [2.75, 3.05) is 19.2 Å². The summed E-state index contributed by atoms with van der Waals surface area (Å²) in [5.74, 6) is 0.0240. The van der Waals surface area contributed by atoms with E-state index in [2.05, 4.69) is 5.32 Å². The summed E-state index contributed by atoms with van der Waals surface area (Å²) < 4.78 is 20.6. The molecule has 1 unspecified atom stereocenters. The minimum atomic E-state index is -1.15.